The molecule has 0 aromatic heterocycles. The van der Waals surface area contributed by atoms with Crippen LogP contribution < -0.4 is 34.0 Å². The van der Waals surface area contributed by atoms with Gasteiger partial charge in [-0.25, -0.2) is 0 Å². The van der Waals surface area contributed by atoms with Gasteiger partial charge in [0.1, 0.15) is 11.5 Å². The van der Waals surface area contributed by atoms with Crippen LogP contribution in [0.2, 0.25) is 0 Å². The Hall–Kier alpha value is -1.12. The normalized spacial score (nSPS) is 26.7. The number of likely N-dealkylation sites (tertiary alicyclic amines) is 1. The van der Waals surface area contributed by atoms with Gasteiger partial charge in [-0.2, -0.15) is 0 Å². The van der Waals surface area contributed by atoms with Gasteiger partial charge in [-0.1, -0.05) is 66.2 Å². The first-order valence-corrected chi connectivity index (χ1v) is 14.0. The summed E-state index contributed by atoms with van der Waals surface area (Å²) in [6, 6.07) is 14.1. The minimum absolute atomic E-state index is 0. The molecule has 0 bridgehead atoms. The highest BCUT2D eigenvalue weighted by Gasteiger charge is 2.37. The van der Waals surface area contributed by atoms with Crippen molar-refractivity contribution in [2.45, 2.75) is 69.7 Å². The van der Waals surface area contributed by atoms with Gasteiger partial charge in [0.2, 0.25) is 5.91 Å². The number of carbonyl (C=O) groups is 1. The van der Waals surface area contributed by atoms with E-state index in [9.17, 15) is 4.79 Å². The molecule has 0 radical (unpaired) electrons. The lowest BCUT2D eigenvalue weighted by Gasteiger charge is -2.43. The van der Waals surface area contributed by atoms with E-state index in [1.807, 2.05) is 42.5 Å². The summed E-state index contributed by atoms with van der Waals surface area (Å²) < 4.78 is 8.25. The van der Waals surface area contributed by atoms with E-state index in [2.05, 4.69) is 28.3 Å². The summed E-state index contributed by atoms with van der Waals surface area (Å²) in [4.78, 5) is 13.7. The fraction of sp³-hybridized carbons (Fsp3) is 0.552. The number of hydrogen-bond acceptors (Lipinski definition) is 2. The Morgan fingerprint density at radius 2 is 1.60 bits per heavy atom. The Kier molecular flexibility index (Phi) is 9.19. The molecule has 2 heterocycles. The van der Waals surface area contributed by atoms with Gasteiger partial charge in [0, 0.05) is 40.4 Å². The van der Waals surface area contributed by atoms with Gasteiger partial charge in [-0.05, 0) is 37.1 Å². The van der Waals surface area contributed by atoms with Crippen LogP contribution >= 0.6 is 15.9 Å². The summed E-state index contributed by atoms with van der Waals surface area (Å²) in [6.07, 6.45) is 12.0. The molecule has 6 heteroatoms. The van der Waals surface area contributed by atoms with Gasteiger partial charge >= 0.3 is 0 Å². The summed E-state index contributed by atoms with van der Waals surface area (Å²) in [6.45, 7) is 3.64. The van der Waals surface area contributed by atoms with E-state index in [0.29, 0.717) is 0 Å². The molecule has 1 amide bonds. The fourth-order valence-corrected chi connectivity index (χ4v) is 6.75. The standard InChI is InChI=1S/C29H37BrN2O2.HI/c1-32(20-21-9-5-3-2-4-6-10-21)17-15-23(16-18-32)31-29(33)28-24-11-7-8-12-26(24)34-27-14-13-22(30)19-25(27)28;/h7-8,11-14,19,21,23,28H,2-6,9-10,15-18,20H2,1H3;1H. The minimum atomic E-state index is -0.338. The van der Waals surface area contributed by atoms with Crippen molar-refractivity contribution in [1.82, 2.24) is 5.32 Å². The minimum Gasteiger partial charge on any atom is -1.00 e. The summed E-state index contributed by atoms with van der Waals surface area (Å²) in [5.74, 6) is 2.19. The molecule has 5 rings (SSSR count). The molecule has 3 aliphatic rings. The molecule has 4 nitrogen and oxygen atoms in total. The van der Waals surface area contributed by atoms with Gasteiger partial charge in [0.05, 0.1) is 32.6 Å². The van der Waals surface area contributed by atoms with Crippen molar-refractivity contribution in [3.05, 3.63) is 58.1 Å². The van der Waals surface area contributed by atoms with Crippen molar-refractivity contribution in [1.29, 1.82) is 0 Å². The average Bonchev–Trinajstić information content (AvgIpc) is 2.81. The number of quaternary nitrogens is 1. The summed E-state index contributed by atoms with van der Waals surface area (Å²) in [5.41, 5.74) is 1.89. The molecule has 0 spiro atoms. The van der Waals surface area contributed by atoms with Gasteiger partial charge < -0.3 is 38.5 Å². The molecule has 1 N–H and O–H groups in total. The molecule has 1 atom stereocenters. The second kappa shape index (κ2) is 12.0. The number of nitrogens with one attached hydrogen (secondary N) is 1. The molecule has 2 aliphatic heterocycles. The molecule has 2 aromatic rings. The summed E-state index contributed by atoms with van der Waals surface area (Å²) in [7, 11) is 2.44. The lowest BCUT2D eigenvalue weighted by Crippen LogP contribution is -3.00. The number of halogens is 2. The average molecular weight is 653 g/mol. The third-order valence-corrected chi connectivity index (χ3v) is 8.79. The topological polar surface area (TPSA) is 38.3 Å². The molecular formula is C29H38BrIN2O2. The second-order valence-electron chi connectivity index (χ2n) is 11.0. The molecule has 2 aromatic carbocycles. The largest absolute Gasteiger partial charge is 1.00 e. The highest BCUT2D eigenvalue weighted by molar-refractivity contribution is 9.10. The first kappa shape index (κ1) is 26.9. The Morgan fingerprint density at radius 3 is 2.34 bits per heavy atom. The number of ether oxygens (including phenoxy) is 1. The quantitative estimate of drug-likeness (QED) is 0.404. The van der Waals surface area contributed by atoms with E-state index in [-0.39, 0.29) is 41.8 Å². The number of rotatable bonds is 4. The van der Waals surface area contributed by atoms with E-state index < -0.39 is 0 Å². The molecule has 190 valence electrons. The van der Waals surface area contributed by atoms with Crippen molar-refractivity contribution in [3.63, 3.8) is 0 Å². The predicted octanol–water partition coefficient (Wildman–Crippen LogP) is 3.78. The zero-order valence-electron chi connectivity index (χ0n) is 20.8. The smallest absolute Gasteiger partial charge is 0.232 e. The number of hydrogen-bond donors (Lipinski definition) is 1. The maximum atomic E-state index is 13.7. The zero-order chi connectivity index (χ0) is 23.5. The Labute approximate surface area is 235 Å². The zero-order valence-corrected chi connectivity index (χ0v) is 24.5. The first-order valence-electron chi connectivity index (χ1n) is 13.2. The van der Waals surface area contributed by atoms with Gasteiger partial charge in [0.25, 0.3) is 0 Å². The second-order valence-corrected chi connectivity index (χ2v) is 11.9. The number of fused-ring (bicyclic) bond motifs is 2. The monoisotopic (exact) mass is 652 g/mol. The van der Waals surface area contributed by atoms with Crippen LogP contribution in [0.1, 0.15) is 74.8 Å². The van der Waals surface area contributed by atoms with Crippen LogP contribution in [0.25, 0.3) is 0 Å². The molecule has 2 fully saturated rings. The van der Waals surface area contributed by atoms with Crippen molar-refractivity contribution in [2.75, 3.05) is 26.7 Å². The molecular weight excluding hydrogens is 615 g/mol. The van der Waals surface area contributed by atoms with Gasteiger partial charge in [0.15, 0.2) is 0 Å². The number of piperidine rings is 1. The number of amides is 1. The van der Waals surface area contributed by atoms with Crippen molar-refractivity contribution >= 4 is 21.8 Å². The van der Waals surface area contributed by atoms with Crippen LogP contribution in [0.5, 0.6) is 11.5 Å². The van der Waals surface area contributed by atoms with Crippen LogP contribution in [-0.4, -0.2) is 43.1 Å². The van der Waals surface area contributed by atoms with Gasteiger partial charge in [-0.3, -0.25) is 4.79 Å². The molecule has 1 saturated heterocycles. The van der Waals surface area contributed by atoms with Crippen molar-refractivity contribution in [3.8, 4) is 11.5 Å². The lowest BCUT2D eigenvalue weighted by molar-refractivity contribution is -0.917. The highest BCUT2D eigenvalue weighted by Crippen LogP contribution is 2.45. The third kappa shape index (κ3) is 6.42. The fourth-order valence-electron chi connectivity index (χ4n) is 6.37. The first-order chi connectivity index (χ1) is 16.5. The Balaban J connectivity index is 0.00000289. The number of para-hydroxylation sites is 1. The number of nitrogens with zero attached hydrogens (tertiary/aromatic N) is 1. The molecule has 1 aliphatic carbocycles. The molecule has 1 saturated carbocycles. The van der Waals surface area contributed by atoms with Gasteiger partial charge in [-0.15, -0.1) is 0 Å². The summed E-state index contributed by atoms with van der Waals surface area (Å²) in [5, 5.41) is 3.43. The lowest BCUT2D eigenvalue weighted by atomic mass is 9.86. The molecule has 1 unspecified atom stereocenters. The number of benzene rings is 2. The van der Waals surface area contributed by atoms with E-state index in [4.69, 9.17) is 4.74 Å². The predicted molar refractivity (Wildman–Crippen MR) is 140 cm³/mol. The van der Waals surface area contributed by atoms with E-state index >= 15 is 0 Å². The SMILES string of the molecule is C[N+]1(CC2CCCCCCC2)CCC(NC(=O)C2c3ccccc3Oc3ccc(Br)cc32)CC1.[I-]. The van der Waals surface area contributed by atoms with Crippen LogP contribution in [0.15, 0.2) is 46.9 Å². The summed E-state index contributed by atoms with van der Waals surface area (Å²) >= 11 is 3.58. The third-order valence-electron chi connectivity index (χ3n) is 8.30. The van der Waals surface area contributed by atoms with E-state index in [1.165, 1.54) is 56.0 Å². The maximum absolute atomic E-state index is 13.7. The van der Waals surface area contributed by atoms with Crippen LogP contribution in [0.4, 0.5) is 0 Å². The van der Waals surface area contributed by atoms with Crippen LogP contribution in [0, 0.1) is 5.92 Å². The van der Waals surface area contributed by atoms with Crippen LogP contribution in [0.3, 0.4) is 0 Å². The maximum Gasteiger partial charge on any atom is 0.232 e. The van der Waals surface area contributed by atoms with E-state index in [1.54, 1.807) is 0 Å². The van der Waals surface area contributed by atoms with Crippen LogP contribution in [-0.2, 0) is 4.79 Å². The molecule has 35 heavy (non-hydrogen) atoms. The van der Waals surface area contributed by atoms with Crippen molar-refractivity contribution < 1.29 is 38.0 Å². The van der Waals surface area contributed by atoms with E-state index in [0.717, 1.165) is 58.9 Å². The highest BCUT2D eigenvalue weighted by atomic mass is 127. The Bertz CT molecular complexity index is 1010. The number of carbonyl (C=O) groups excluding carboxylic acids is 1. The Morgan fingerprint density at radius 1 is 0.943 bits per heavy atom. The van der Waals surface area contributed by atoms with Crippen molar-refractivity contribution in [2.24, 2.45) is 5.92 Å².